The Morgan fingerprint density at radius 3 is 2.70 bits per heavy atom. The van der Waals surface area contributed by atoms with Crippen LogP contribution >= 0.6 is 11.8 Å². The summed E-state index contributed by atoms with van der Waals surface area (Å²) in [5.74, 6) is 1.72. The third kappa shape index (κ3) is 3.98. The minimum atomic E-state index is 0.229. The summed E-state index contributed by atoms with van der Waals surface area (Å²) in [4.78, 5) is 14.1. The van der Waals surface area contributed by atoms with Crippen LogP contribution in [0.4, 0.5) is 0 Å². The molecule has 1 fully saturated rings. The van der Waals surface area contributed by atoms with Gasteiger partial charge in [0.2, 0.25) is 5.91 Å². The lowest BCUT2D eigenvalue weighted by atomic mass is 10.1. The number of aromatic nitrogens is 3. The Balaban J connectivity index is 1.84. The molecule has 0 atom stereocenters. The van der Waals surface area contributed by atoms with Crippen LogP contribution in [0.1, 0.15) is 44.9 Å². The summed E-state index contributed by atoms with van der Waals surface area (Å²) >= 11 is 1.50. The van der Waals surface area contributed by atoms with Crippen LogP contribution in [0.2, 0.25) is 0 Å². The van der Waals surface area contributed by atoms with Crippen LogP contribution < -0.4 is 0 Å². The maximum Gasteiger partial charge on any atom is 0.233 e. The first kappa shape index (κ1) is 15.4. The molecule has 0 radical (unpaired) electrons. The van der Waals surface area contributed by atoms with Crippen molar-refractivity contribution in [3.63, 3.8) is 0 Å². The third-order valence-electron chi connectivity index (χ3n) is 3.71. The van der Waals surface area contributed by atoms with Crippen molar-refractivity contribution in [3.8, 4) is 0 Å². The molecule has 112 valence electrons. The molecule has 2 heterocycles. The number of hydrogen-bond donors (Lipinski definition) is 0. The second-order valence-corrected chi connectivity index (χ2v) is 6.23. The zero-order valence-electron chi connectivity index (χ0n) is 12.5. The standard InChI is InChI=1S/C14H24N4OS/c1-3-4-8-12-15-16-14(17(12)2)20-11-13(19)18-9-6-5-7-10-18/h3-11H2,1-2H3. The van der Waals surface area contributed by atoms with Gasteiger partial charge in [-0.25, -0.2) is 0 Å². The molecule has 1 aliphatic rings. The number of unbranched alkanes of at least 4 members (excludes halogenated alkanes) is 1. The van der Waals surface area contributed by atoms with Crippen molar-refractivity contribution in [2.24, 2.45) is 7.05 Å². The summed E-state index contributed by atoms with van der Waals surface area (Å²) < 4.78 is 2.02. The van der Waals surface area contributed by atoms with E-state index in [0.717, 1.165) is 56.2 Å². The van der Waals surface area contributed by atoms with E-state index in [1.54, 1.807) is 0 Å². The number of nitrogens with zero attached hydrogens (tertiary/aromatic N) is 4. The zero-order chi connectivity index (χ0) is 14.4. The van der Waals surface area contributed by atoms with E-state index in [-0.39, 0.29) is 5.91 Å². The second kappa shape index (κ2) is 7.67. The lowest BCUT2D eigenvalue weighted by Gasteiger charge is -2.26. The molecular weight excluding hydrogens is 272 g/mol. The van der Waals surface area contributed by atoms with E-state index in [0.29, 0.717) is 5.75 Å². The van der Waals surface area contributed by atoms with E-state index in [9.17, 15) is 4.79 Å². The molecule has 20 heavy (non-hydrogen) atoms. The summed E-state index contributed by atoms with van der Waals surface area (Å²) in [7, 11) is 1.98. The van der Waals surface area contributed by atoms with Crippen LogP contribution in [0.5, 0.6) is 0 Å². The highest BCUT2D eigenvalue weighted by Gasteiger charge is 2.18. The van der Waals surface area contributed by atoms with Crippen molar-refractivity contribution in [1.29, 1.82) is 0 Å². The Morgan fingerprint density at radius 1 is 1.25 bits per heavy atom. The quantitative estimate of drug-likeness (QED) is 0.756. The molecule has 1 amide bonds. The number of piperidine rings is 1. The van der Waals surface area contributed by atoms with Crippen LogP contribution in [-0.2, 0) is 18.3 Å². The predicted molar refractivity (Wildman–Crippen MR) is 80.8 cm³/mol. The zero-order valence-corrected chi connectivity index (χ0v) is 13.3. The van der Waals surface area contributed by atoms with Gasteiger partial charge in [-0.3, -0.25) is 4.79 Å². The van der Waals surface area contributed by atoms with Gasteiger partial charge in [-0.05, 0) is 25.7 Å². The van der Waals surface area contributed by atoms with Gasteiger partial charge in [-0.2, -0.15) is 0 Å². The predicted octanol–water partition coefficient (Wildman–Crippen LogP) is 2.26. The largest absolute Gasteiger partial charge is 0.342 e. The maximum atomic E-state index is 12.1. The van der Waals surface area contributed by atoms with Gasteiger partial charge in [0, 0.05) is 26.6 Å². The molecule has 1 saturated heterocycles. The number of thioether (sulfide) groups is 1. The van der Waals surface area contributed by atoms with Crippen LogP contribution in [0.3, 0.4) is 0 Å². The Kier molecular flexibility index (Phi) is 5.88. The fourth-order valence-electron chi connectivity index (χ4n) is 2.38. The first-order valence-corrected chi connectivity index (χ1v) is 8.49. The summed E-state index contributed by atoms with van der Waals surface area (Å²) in [5.41, 5.74) is 0. The van der Waals surface area contributed by atoms with Gasteiger partial charge in [-0.15, -0.1) is 10.2 Å². The number of rotatable bonds is 6. The molecule has 0 aliphatic carbocycles. The molecule has 0 N–H and O–H groups in total. The number of amides is 1. The highest BCUT2D eigenvalue weighted by molar-refractivity contribution is 7.99. The van der Waals surface area contributed by atoms with E-state index >= 15 is 0 Å². The minimum Gasteiger partial charge on any atom is -0.342 e. The van der Waals surface area contributed by atoms with Gasteiger partial charge in [0.25, 0.3) is 0 Å². The highest BCUT2D eigenvalue weighted by atomic mass is 32.2. The fraction of sp³-hybridized carbons (Fsp3) is 0.786. The number of carbonyl (C=O) groups is 1. The van der Waals surface area contributed by atoms with Gasteiger partial charge in [0.15, 0.2) is 5.16 Å². The molecule has 5 nitrogen and oxygen atoms in total. The molecule has 6 heteroatoms. The van der Waals surface area contributed by atoms with E-state index in [1.165, 1.54) is 18.2 Å². The number of hydrogen-bond acceptors (Lipinski definition) is 4. The van der Waals surface area contributed by atoms with Crippen LogP contribution in [-0.4, -0.2) is 44.4 Å². The maximum absolute atomic E-state index is 12.1. The average molecular weight is 296 g/mol. The molecule has 2 rings (SSSR count). The van der Waals surface area contributed by atoms with Crippen molar-refractivity contribution in [1.82, 2.24) is 19.7 Å². The van der Waals surface area contributed by atoms with E-state index in [1.807, 2.05) is 16.5 Å². The number of aryl methyl sites for hydroxylation is 1. The van der Waals surface area contributed by atoms with Gasteiger partial charge < -0.3 is 9.47 Å². The summed E-state index contributed by atoms with van der Waals surface area (Å²) in [5, 5.41) is 9.25. The van der Waals surface area contributed by atoms with Crippen molar-refractivity contribution >= 4 is 17.7 Å². The Labute approximate surface area is 125 Å². The van der Waals surface area contributed by atoms with Crippen molar-refractivity contribution in [2.45, 2.75) is 50.6 Å². The van der Waals surface area contributed by atoms with Crippen molar-refractivity contribution < 1.29 is 4.79 Å². The Hall–Kier alpha value is -1.04. The van der Waals surface area contributed by atoms with Crippen LogP contribution in [0.15, 0.2) is 5.16 Å². The molecule has 0 bridgehead atoms. The Bertz CT molecular complexity index is 440. The summed E-state index contributed by atoms with van der Waals surface area (Å²) in [6.45, 7) is 4.00. The molecule has 0 aromatic carbocycles. The average Bonchev–Trinajstić information content (AvgIpc) is 2.84. The number of likely N-dealkylation sites (tertiary alicyclic amines) is 1. The van der Waals surface area contributed by atoms with Crippen LogP contribution in [0, 0.1) is 0 Å². The molecule has 0 spiro atoms. The van der Waals surface area contributed by atoms with Crippen molar-refractivity contribution in [2.75, 3.05) is 18.8 Å². The fourth-order valence-corrected chi connectivity index (χ4v) is 3.22. The lowest BCUT2D eigenvalue weighted by Crippen LogP contribution is -2.36. The molecule has 0 unspecified atom stereocenters. The molecule has 1 aromatic rings. The van der Waals surface area contributed by atoms with Gasteiger partial charge in [0.1, 0.15) is 5.82 Å². The first-order chi connectivity index (χ1) is 9.72. The molecule has 1 aliphatic heterocycles. The van der Waals surface area contributed by atoms with E-state index in [2.05, 4.69) is 17.1 Å². The highest BCUT2D eigenvalue weighted by Crippen LogP contribution is 2.18. The summed E-state index contributed by atoms with van der Waals surface area (Å²) in [6, 6.07) is 0. The monoisotopic (exact) mass is 296 g/mol. The second-order valence-electron chi connectivity index (χ2n) is 5.29. The van der Waals surface area contributed by atoms with E-state index in [4.69, 9.17) is 0 Å². The smallest absolute Gasteiger partial charge is 0.233 e. The topological polar surface area (TPSA) is 51.0 Å². The molecule has 1 aromatic heterocycles. The normalized spacial score (nSPS) is 15.6. The first-order valence-electron chi connectivity index (χ1n) is 7.51. The van der Waals surface area contributed by atoms with Crippen LogP contribution in [0.25, 0.3) is 0 Å². The molecule has 0 saturated carbocycles. The minimum absolute atomic E-state index is 0.229. The summed E-state index contributed by atoms with van der Waals surface area (Å²) in [6.07, 6.45) is 6.77. The Morgan fingerprint density at radius 2 is 2.00 bits per heavy atom. The van der Waals surface area contributed by atoms with Gasteiger partial charge >= 0.3 is 0 Å². The van der Waals surface area contributed by atoms with Gasteiger partial charge in [0.05, 0.1) is 5.75 Å². The third-order valence-corrected chi connectivity index (χ3v) is 4.72. The lowest BCUT2D eigenvalue weighted by molar-refractivity contribution is -0.129. The molecular formula is C14H24N4OS. The van der Waals surface area contributed by atoms with Crippen molar-refractivity contribution in [3.05, 3.63) is 5.82 Å². The number of carbonyl (C=O) groups excluding carboxylic acids is 1. The van der Waals surface area contributed by atoms with Gasteiger partial charge in [-0.1, -0.05) is 25.1 Å². The van der Waals surface area contributed by atoms with E-state index < -0.39 is 0 Å². The SMILES string of the molecule is CCCCc1nnc(SCC(=O)N2CCCCC2)n1C.